The van der Waals surface area contributed by atoms with E-state index in [1.807, 2.05) is 0 Å². The fourth-order valence-electron chi connectivity index (χ4n) is 2.37. The molecule has 0 spiro atoms. The van der Waals surface area contributed by atoms with Crippen LogP contribution in [-0.2, 0) is 25.7 Å². The number of hydrogen-bond donors (Lipinski definition) is 1. The van der Waals surface area contributed by atoms with Crippen LogP contribution in [0.15, 0.2) is 12.1 Å². The number of carbonyl (C=O) groups excluding carboxylic acids is 1. The number of carboxylic acids is 1. The maximum Gasteiger partial charge on any atom is 0.454 e. The predicted octanol–water partition coefficient (Wildman–Crippen LogP) is 4.12. The Labute approximate surface area is 166 Å². The van der Waals surface area contributed by atoms with Gasteiger partial charge < -0.3 is 9.29 Å². The number of carboxylic acid groups (broad SMARTS) is 1. The molecule has 0 aromatic heterocycles. The average molecular weight is 442 g/mol. The second-order valence-corrected chi connectivity index (χ2v) is 10.1. The van der Waals surface area contributed by atoms with Crippen LogP contribution in [0.1, 0.15) is 63.0 Å². The summed E-state index contributed by atoms with van der Waals surface area (Å²) in [7, 11) is -6.45. The second kappa shape index (κ2) is 7.26. The summed E-state index contributed by atoms with van der Waals surface area (Å²) in [6.45, 7) is 9.37. The van der Waals surface area contributed by atoms with Gasteiger partial charge in [0.05, 0.1) is 0 Å². The van der Waals surface area contributed by atoms with E-state index in [9.17, 15) is 35.6 Å². The molecule has 0 aliphatic heterocycles. The molecule has 0 aliphatic rings. The Morgan fingerprint density at radius 2 is 1.34 bits per heavy atom. The first-order valence-electron chi connectivity index (χ1n) is 8.27. The van der Waals surface area contributed by atoms with Crippen molar-refractivity contribution < 1.29 is 44.9 Å². The summed E-state index contributed by atoms with van der Waals surface area (Å²) in [5.41, 5.74) is -1.83. The molecular weight excluding hydrogens is 420 g/mol. The topological polar surface area (TPSA) is 97.7 Å². The molecule has 1 aromatic carbocycles. The largest absolute Gasteiger partial charge is 0.477 e. The summed E-state index contributed by atoms with van der Waals surface area (Å²) in [6, 6.07) is 2.39. The summed E-state index contributed by atoms with van der Waals surface area (Å²) >= 11 is 0. The molecule has 0 bridgehead atoms. The minimum absolute atomic E-state index is 0.00922. The van der Waals surface area contributed by atoms with Crippen LogP contribution in [0.4, 0.5) is 17.6 Å². The lowest BCUT2D eigenvalue weighted by atomic mass is 9.78. The van der Waals surface area contributed by atoms with Gasteiger partial charge in [0.15, 0.2) is 0 Å². The van der Waals surface area contributed by atoms with Crippen molar-refractivity contribution in [3.8, 4) is 5.75 Å². The molecule has 0 heterocycles. The minimum Gasteiger partial charge on any atom is -0.477 e. The molecule has 0 atom stereocenters. The molecule has 11 heteroatoms. The van der Waals surface area contributed by atoms with Crippen molar-refractivity contribution in [1.82, 2.24) is 0 Å². The highest BCUT2D eigenvalue weighted by atomic mass is 32.2. The lowest BCUT2D eigenvalue weighted by Gasteiger charge is -2.31. The number of aldehydes is 1. The number of benzene rings is 1. The van der Waals surface area contributed by atoms with Crippen LogP contribution >= 0.6 is 0 Å². The molecule has 164 valence electrons. The van der Waals surface area contributed by atoms with Crippen molar-refractivity contribution in [3.05, 3.63) is 28.8 Å². The molecule has 29 heavy (non-hydrogen) atoms. The van der Waals surface area contributed by atoms with E-state index in [0.717, 1.165) is 0 Å². The van der Waals surface area contributed by atoms with Gasteiger partial charge in [-0.25, -0.2) is 4.79 Å². The molecule has 6 nitrogen and oxygen atoms in total. The van der Waals surface area contributed by atoms with E-state index in [4.69, 9.17) is 5.11 Å². The van der Waals surface area contributed by atoms with Crippen LogP contribution in [0.5, 0.6) is 5.75 Å². The normalized spacial score (nSPS) is 13.9. The summed E-state index contributed by atoms with van der Waals surface area (Å²) < 4.78 is 83.6. The molecule has 1 rings (SSSR count). The van der Waals surface area contributed by atoms with Gasteiger partial charge >= 0.3 is 27.3 Å². The summed E-state index contributed by atoms with van der Waals surface area (Å²) in [5, 5.41) is 2.30. The predicted molar refractivity (Wildman–Crippen MR) is 96.3 cm³/mol. The zero-order valence-electron chi connectivity index (χ0n) is 16.6. The first-order valence-corrected chi connectivity index (χ1v) is 9.68. The Balaban J connectivity index is 3.87. The monoisotopic (exact) mass is 442 g/mol. The lowest BCUT2D eigenvalue weighted by Crippen LogP contribution is -2.53. The molecule has 0 aliphatic carbocycles. The van der Waals surface area contributed by atoms with Crippen molar-refractivity contribution in [2.45, 2.75) is 63.5 Å². The third kappa shape index (κ3) is 4.54. The standard InChI is InChI=1S/C18H22F4O6S/c1-15(2,3)11-7-10(9-23)8-12(16(4,5)6)13(11)28-29(26,27)18(21,22)17(19,20)14(24)25/h7-9H,1-6H3,(H,24,25). The molecule has 1 aromatic rings. The van der Waals surface area contributed by atoms with Crippen LogP contribution in [0.25, 0.3) is 0 Å². The van der Waals surface area contributed by atoms with Crippen LogP contribution in [-0.4, -0.2) is 37.0 Å². The van der Waals surface area contributed by atoms with E-state index in [-0.39, 0.29) is 16.7 Å². The highest BCUT2D eigenvalue weighted by Gasteiger charge is 2.72. The number of rotatable bonds is 6. The van der Waals surface area contributed by atoms with Gasteiger partial charge in [0, 0.05) is 16.7 Å². The zero-order chi connectivity index (χ0) is 23.2. The first-order chi connectivity index (χ1) is 12.7. The summed E-state index contributed by atoms with van der Waals surface area (Å²) in [4.78, 5) is 21.8. The van der Waals surface area contributed by atoms with E-state index in [1.165, 1.54) is 12.1 Å². The van der Waals surface area contributed by atoms with Crippen LogP contribution in [0.3, 0.4) is 0 Å². The number of carbonyl (C=O) groups is 2. The first kappa shape index (κ1) is 24.9. The maximum absolute atomic E-state index is 14.0. The number of aliphatic carboxylic acids is 1. The summed E-state index contributed by atoms with van der Waals surface area (Å²) in [5.74, 6) is -9.91. The number of halogens is 4. The third-order valence-corrected chi connectivity index (χ3v) is 5.27. The number of hydrogen-bond acceptors (Lipinski definition) is 5. The van der Waals surface area contributed by atoms with E-state index >= 15 is 0 Å². The Morgan fingerprint density at radius 1 is 0.966 bits per heavy atom. The van der Waals surface area contributed by atoms with Gasteiger partial charge in [-0.2, -0.15) is 26.0 Å². The van der Waals surface area contributed by atoms with Gasteiger partial charge in [-0.1, -0.05) is 41.5 Å². The molecule has 1 N–H and O–H groups in total. The number of alkyl halides is 4. The van der Waals surface area contributed by atoms with Crippen molar-refractivity contribution >= 4 is 22.4 Å². The van der Waals surface area contributed by atoms with Crippen molar-refractivity contribution in [2.75, 3.05) is 0 Å². The van der Waals surface area contributed by atoms with Gasteiger partial charge in [0.2, 0.25) is 0 Å². The zero-order valence-corrected chi connectivity index (χ0v) is 17.5. The average Bonchev–Trinajstić information content (AvgIpc) is 2.51. The van der Waals surface area contributed by atoms with Gasteiger partial charge in [-0.15, -0.1) is 0 Å². The van der Waals surface area contributed by atoms with E-state index in [2.05, 4.69) is 4.18 Å². The molecule has 0 saturated heterocycles. The molecule has 0 unspecified atom stereocenters. The SMILES string of the molecule is CC(C)(C)c1cc(C=O)cc(C(C)(C)C)c1OS(=O)(=O)C(F)(F)C(F)(F)C(=O)O. The Morgan fingerprint density at radius 3 is 1.62 bits per heavy atom. The highest BCUT2D eigenvalue weighted by molar-refractivity contribution is 7.88. The Hall–Kier alpha value is -2.17. The van der Waals surface area contributed by atoms with Crippen LogP contribution in [0.2, 0.25) is 0 Å². The van der Waals surface area contributed by atoms with Crippen LogP contribution < -0.4 is 4.18 Å². The minimum atomic E-state index is -6.45. The fourth-order valence-corrected chi connectivity index (χ4v) is 3.27. The van der Waals surface area contributed by atoms with Crippen molar-refractivity contribution in [1.29, 1.82) is 0 Å². The van der Waals surface area contributed by atoms with Crippen LogP contribution in [0, 0.1) is 0 Å². The van der Waals surface area contributed by atoms with Gasteiger partial charge in [-0.05, 0) is 23.0 Å². The smallest absolute Gasteiger partial charge is 0.454 e. The maximum atomic E-state index is 14.0. The van der Waals surface area contributed by atoms with Gasteiger partial charge in [0.1, 0.15) is 12.0 Å². The molecule has 0 fully saturated rings. The fraction of sp³-hybridized carbons (Fsp3) is 0.556. The summed E-state index contributed by atoms with van der Waals surface area (Å²) in [6.07, 6.45) is 0.454. The van der Waals surface area contributed by atoms with Crippen molar-refractivity contribution in [3.63, 3.8) is 0 Å². The molecule has 0 radical (unpaired) electrons. The van der Waals surface area contributed by atoms with Crippen molar-refractivity contribution in [2.24, 2.45) is 0 Å². The Kier molecular flexibility index (Phi) is 6.23. The lowest BCUT2D eigenvalue weighted by molar-refractivity contribution is -0.198. The second-order valence-electron chi connectivity index (χ2n) is 8.50. The van der Waals surface area contributed by atoms with E-state index < -0.39 is 43.8 Å². The van der Waals surface area contributed by atoms with E-state index in [0.29, 0.717) is 6.29 Å². The van der Waals surface area contributed by atoms with Gasteiger partial charge in [0.25, 0.3) is 0 Å². The Bertz CT molecular complexity index is 890. The van der Waals surface area contributed by atoms with Gasteiger partial charge in [-0.3, -0.25) is 4.79 Å². The molecular formula is C18H22F4O6S. The van der Waals surface area contributed by atoms with E-state index in [1.54, 1.807) is 41.5 Å². The highest BCUT2D eigenvalue weighted by Crippen LogP contribution is 2.45. The quantitative estimate of drug-likeness (QED) is 0.404. The molecule has 0 amide bonds. The third-order valence-electron chi connectivity index (χ3n) is 4.00. The molecule has 0 saturated carbocycles.